The van der Waals surface area contributed by atoms with Crippen LogP contribution in [0.5, 0.6) is 5.75 Å². The van der Waals surface area contributed by atoms with Crippen LogP contribution in [-0.4, -0.2) is 29.7 Å². The van der Waals surface area contributed by atoms with E-state index in [0.717, 1.165) is 11.1 Å². The number of ether oxygens (including phenoxy) is 1. The van der Waals surface area contributed by atoms with Gasteiger partial charge >= 0.3 is 6.09 Å². The van der Waals surface area contributed by atoms with E-state index in [1.807, 2.05) is 37.3 Å². The molecule has 2 rings (SSSR count). The number of alkyl carbamates (subject to hydrolysis) is 1. The van der Waals surface area contributed by atoms with Gasteiger partial charge in [0.25, 0.3) is 0 Å². The molecule has 0 saturated heterocycles. The maximum Gasteiger partial charge on any atom is 0.407 e. The number of carbonyl (C=O) groups is 2. The Bertz CT molecular complexity index is 750. The molecule has 7 heteroatoms. The summed E-state index contributed by atoms with van der Waals surface area (Å²) in [6.45, 7) is 2.51. The van der Waals surface area contributed by atoms with Gasteiger partial charge in [-0.1, -0.05) is 42.5 Å². The molecule has 0 heterocycles. The van der Waals surface area contributed by atoms with Gasteiger partial charge < -0.3 is 20.9 Å². The molecular formula is C21H27N3O4. The average molecular weight is 385 g/mol. The van der Waals surface area contributed by atoms with Crippen LogP contribution in [0.3, 0.4) is 0 Å². The van der Waals surface area contributed by atoms with Crippen molar-refractivity contribution >= 4 is 12.0 Å². The molecule has 0 aliphatic carbocycles. The monoisotopic (exact) mass is 385 g/mol. The third kappa shape index (κ3) is 7.28. The van der Waals surface area contributed by atoms with Crippen LogP contribution in [0.1, 0.15) is 36.9 Å². The summed E-state index contributed by atoms with van der Waals surface area (Å²) in [5.41, 5.74) is 7.34. The van der Waals surface area contributed by atoms with Gasteiger partial charge in [0, 0.05) is 12.6 Å². The predicted molar refractivity (Wildman–Crippen MR) is 107 cm³/mol. The number of aromatic hydroxyl groups is 1. The van der Waals surface area contributed by atoms with Crippen molar-refractivity contribution in [1.29, 1.82) is 0 Å². The third-order valence-corrected chi connectivity index (χ3v) is 4.34. The molecule has 0 spiro atoms. The highest BCUT2D eigenvalue weighted by molar-refractivity contribution is 5.79. The summed E-state index contributed by atoms with van der Waals surface area (Å²) in [6.07, 6.45) is 0.560. The van der Waals surface area contributed by atoms with E-state index < -0.39 is 18.0 Å². The number of rotatable bonds is 10. The fourth-order valence-electron chi connectivity index (χ4n) is 2.74. The Morgan fingerprint density at radius 2 is 1.79 bits per heavy atom. The summed E-state index contributed by atoms with van der Waals surface area (Å²) < 4.78 is 5.14. The molecule has 0 aliphatic rings. The van der Waals surface area contributed by atoms with Gasteiger partial charge in [-0.3, -0.25) is 10.1 Å². The van der Waals surface area contributed by atoms with Gasteiger partial charge in [-0.05, 0) is 43.0 Å². The summed E-state index contributed by atoms with van der Waals surface area (Å²) >= 11 is 0. The van der Waals surface area contributed by atoms with Crippen molar-refractivity contribution in [3.05, 3.63) is 65.7 Å². The zero-order chi connectivity index (χ0) is 20.4. The number of hydrogen-bond acceptors (Lipinski definition) is 5. The van der Waals surface area contributed by atoms with E-state index in [1.165, 1.54) is 0 Å². The molecule has 5 N–H and O–H groups in total. The summed E-state index contributed by atoms with van der Waals surface area (Å²) in [7, 11) is 0. The van der Waals surface area contributed by atoms with E-state index in [-0.39, 0.29) is 18.4 Å². The first-order valence-electron chi connectivity index (χ1n) is 9.24. The van der Waals surface area contributed by atoms with Gasteiger partial charge in [0.1, 0.15) is 12.4 Å². The standard InChI is InChI=1S/C21H27N3O4/c1-15(17-9-11-18(25)12-10-17)24-19(20(22)26)8-5-13-23-21(27)28-14-16-6-3-2-4-7-16/h2-4,6-7,9-12,15,19,24-25H,5,8,13-14H2,1H3,(H2,22,26)(H,23,27)/t15-,19+/m0/s1. The minimum atomic E-state index is -0.522. The summed E-state index contributed by atoms with van der Waals surface area (Å²) in [5.74, 6) is -0.259. The highest BCUT2D eigenvalue weighted by Crippen LogP contribution is 2.17. The van der Waals surface area contributed by atoms with Crippen molar-refractivity contribution in [2.24, 2.45) is 5.73 Å². The van der Waals surface area contributed by atoms with Crippen LogP contribution in [0.25, 0.3) is 0 Å². The lowest BCUT2D eigenvalue weighted by Crippen LogP contribution is -2.43. The number of phenolic OH excluding ortho intramolecular Hbond substituents is 1. The van der Waals surface area contributed by atoms with Crippen LogP contribution in [0.4, 0.5) is 4.79 Å². The average Bonchev–Trinajstić information content (AvgIpc) is 2.69. The second-order valence-electron chi connectivity index (χ2n) is 6.57. The summed E-state index contributed by atoms with van der Waals surface area (Å²) in [5, 5.41) is 15.2. The lowest BCUT2D eigenvalue weighted by molar-refractivity contribution is -0.120. The smallest absolute Gasteiger partial charge is 0.407 e. The number of nitrogens with one attached hydrogen (secondary N) is 2. The van der Waals surface area contributed by atoms with Crippen LogP contribution >= 0.6 is 0 Å². The molecule has 0 unspecified atom stereocenters. The van der Waals surface area contributed by atoms with Crippen LogP contribution < -0.4 is 16.4 Å². The molecule has 2 amide bonds. The normalized spacial score (nSPS) is 12.8. The van der Waals surface area contributed by atoms with Gasteiger partial charge in [0.15, 0.2) is 0 Å². The van der Waals surface area contributed by atoms with Crippen molar-refractivity contribution in [2.45, 2.75) is 38.5 Å². The van der Waals surface area contributed by atoms with Gasteiger partial charge in [-0.2, -0.15) is 0 Å². The molecule has 0 bridgehead atoms. The number of amides is 2. The van der Waals surface area contributed by atoms with Crippen LogP contribution in [0.2, 0.25) is 0 Å². The summed E-state index contributed by atoms with van der Waals surface area (Å²) in [6, 6.07) is 15.6. The zero-order valence-electron chi connectivity index (χ0n) is 15.9. The Kier molecular flexibility index (Phi) is 8.30. The van der Waals surface area contributed by atoms with E-state index in [0.29, 0.717) is 19.4 Å². The maximum atomic E-state index is 11.7. The molecule has 0 radical (unpaired) electrons. The first-order chi connectivity index (χ1) is 13.5. The molecular weight excluding hydrogens is 358 g/mol. The van der Waals surface area contributed by atoms with Crippen molar-refractivity contribution in [2.75, 3.05) is 6.54 Å². The maximum absolute atomic E-state index is 11.7. The van der Waals surface area contributed by atoms with Crippen LogP contribution in [0.15, 0.2) is 54.6 Å². The molecule has 2 atom stereocenters. The van der Waals surface area contributed by atoms with E-state index in [4.69, 9.17) is 10.5 Å². The molecule has 0 aromatic heterocycles. The third-order valence-electron chi connectivity index (χ3n) is 4.34. The lowest BCUT2D eigenvalue weighted by Gasteiger charge is -2.21. The van der Waals surface area contributed by atoms with E-state index >= 15 is 0 Å². The number of carbonyl (C=O) groups excluding carboxylic acids is 2. The molecule has 2 aromatic rings. The minimum Gasteiger partial charge on any atom is -0.508 e. The Balaban J connectivity index is 1.70. The van der Waals surface area contributed by atoms with Gasteiger partial charge in [0.2, 0.25) is 5.91 Å². The van der Waals surface area contributed by atoms with Gasteiger partial charge in [-0.15, -0.1) is 0 Å². The van der Waals surface area contributed by atoms with Crippen LogP contribution in [-0.2, 0) is 16.1 Å². The van der Waals surface area contributed by atoms with Crippen molar-refractivity contribution in [3.63, 3.8) is 0 Å². The van der Waals surface area contributed by atoms with Crippen molar-refractivity contribution < 1.29 is 19.4 Å². The molecule has 0 saturated carbocycles. The Morgan fingerprint density at radius 3 is 2.43 bits per heavy atom. The van der Waals surface area contributed by atoms with Crippen molar-refractivity contribution in [3.8, 4) is 5.75 Å². The number of hydrogen-bond donors (Lipinski definition) is 4. The first-order valence-corrected chi connectivity index (χ1v) is 9.24. The molecule has 0 fully saturated rings. The van der Waals surface area contributed by atoms with E-state index in [9.17, 15) is 14.7 Å². The van der Waals surface area contributed by atoms with Gasteiger partial charge in [-0.25, -0.2) is 4.79 Å². The molecule has 28 heavy (non-hydrogen) atoms. The van der Waals surface area contributed by atoms with Gasteiger partial charge in [0.05, 0.1) is 6.04 Å². The number of phenols is 1. The van der Waals surface area contributed by atoms with E-state index in [1.54, 1.807) is 24.3 Å². The largest absolute Gasteiger partial charge is 0.508 e. The second-order valence-corrected chi connectivity index (χ2v) is 6.57. The fraction of sp³-hybridized carbons (Fsp3) is 0.333. The molecule has 0 aliphatic heterocycles. The lowest BCUT2D eigenvalue weighted by atomic mass is 10.0. The Morgan fingerprint density at radius 1 is 1.11 bits per heavy atom. The summed E-state index contributed by atoms with van der Waals surface area (Å²) in [4.78, 5) is 23.4. The fourth-order valence-corrected chi connectivity index (χ4v) is 2.74. The number of nitrogens with two attached hydrogens (primary N) is 1. The molecule has 2 aromatic carbocycles. The van der Waals surface area contributed by atoms with Crippen molar-refractivity contribution in [1.82, 2.24) is 10.6 Å². The van der Waals surface area contributed by atoms with E-state index in [2.05, 4.69) is 10.6 Å². The SMILES string of the molecule is C[C@H](N[C@H](CCCNC(=O)OCc1ccccc1)C(N)=O)c1ccc(O)cc1. The quantitative estimate of drug-likeness (QED) is 0.470. The second kappa shape index (κ2) is 10.9. The topological polar surface area (TPSA) is 114 Å². The Labute approximate surface area is 164 Å². The number of benzene rings is 2. The number of primary amides is 1. The molecule has 150 valence electrons. The Hall–Kier alpha value is -3.06. The predicted octanol–water partition coefficient (Wildman–Crippen LogP) is 2.60. The highest BCUT2D eigenvalue weighted by atomic mass is 16.5. The zero-order valence-corrected chi connectivity index (χ0v) is 15.9. The minimum absolute atomic E-state index is 0.109. The first kappa shape index (κ1) is 21.2. The van der Waals surface area contributed by atoms with Crippen LogP contribution in [0, 0.1) is 0 Å². The highest BCUT2D eigenvalue weighted by Gasteiger charge is 2.18. The molecule has 7 nitrogen and oxygen atoms in total.